The molecule has 0 radical (unpaired) electrons. The Balaban J connectivity index is 2.38. The number of piperidine rings is 1. The van der Waals surface area contributed by atoms with Gasteiger partial charge in [-0.15, -0.1) is 0 Å². The number of nitriles is 1. The van der Waals surface area contributed by atoms with Gasteiger partial charge in [-0.25, -0.2) is 8.42 Å². The van der Waals surface area contributed by atoms with Crippen LogP contribution in [0.2, 0.25) is 5.02 Å². The first-order valence-corrected chi connectivity index (χ1v) is 8.13. The van der Waals surface area contributed by atoms with Gasteiger partial charge in [0.05, 0.1) is 16.7 Å². The molecule has 1 aliphatic heterocycles. The molecule has 108 valence electrons. The van der Waals surface area contributed by atoms with E-state index in [2.05, 4.69) is 0 Å². The van der Waals surface area contributed by atoms with Crippen molar-refractivity contribution in [1.82, 2.24) is 4.31 Å². The molecule has 20 heavy (non-hydrogen) atoms. The zero-order valence-corrected chi connectivity index (χ0v) is 12.7. The molecule has 1 aromatic rings. The van der Waals surface area contributed by atoms with Crippen molar-refractivity contribution in [2.75, 3.05) is 13.1 Å². The Hall–Kier alpha value is -1.13. The first-order valence-electron chi connectivity index (χ1n) is 6.31. The molecule has 5 nitrogen and oxygen atoms in total. The largest absolute Gasteiger partial charge is 0.327 e. The summed E-state index contributed by atoms with van der Waals surface area (Å²) in [6, 6.07) is 6.19. The molecule has 1 fully saturated rings. The summed E-state index contributed by atoms with van der Waals surface area (Å²) in [4.78, 5) is -0.0131. The maximum Gasteiger partial charge on any atom is 0.244 e. The van der Waals surface area contributed by atoms with Crippen LogP contribution in [0.1, 0.15) is 18.9 Å². The van der Waals surface area contributed by atoms with Gasteiger partial charge in [-0.05, 0) is 30.5 Å². The van der Waals surface area contributed by atoms with E-state index in [1.54, 1.807) is 0 Å². The second kappa shape index (κ2) is 5.70. The predicted molar refractivity (Wildman–Crippen MR) is 76.7 cm³/mol. The van der Waals surface area contributed by atoms with Crippen molar-refractivity contribution >= 4 is 21.6 Å². The number of rotatable bonds is 2. The van der Waals surface area contributed by atoms with Gasteiger partial charge < -0.3 is 5.73 Å². The van der Waals surface area contributed by atoms with Crippen molar-refractivity contribution in [3.05, 3.63) is 28.8 Å². The van der Waals surface area contributed by atoms with Crippen molar-refractivity contribution in [3.8, 4) is 6.07 Å². The van der Waals surface area contributed by atoms with Crippen LogP contribution in [0.3, 0.4) is 0 Å². The van der Waals surface area contributed by atoms with Gasteiger partial charge in [-0.2, -0.15) is 9.57 Å². The van der Waals surface area contributed by atoms with E-state index in [4.69, 9.17) is 22.6 Å². The molecule has 2 unspecified atom stereocenters. The zero-order valence-electron chi connectivity index (χ0n) is 11.1. The Labute approximate surface area is 124 Å². The molecule has 0 aromatic heterocycles. The van der Waals surface area contributed by atoms with Gasteiger partial charge in [-0.1, -0.05) is 18.5 Å². The van der Waals surface area contributed by atoms with Crippen molar-refractivity contribution in [3.63, 3.8) is 0 Å². The molecule has 1 saturated heterocycles. The molecule has 1 heterocycles. The smallest absolute Gasteiger partial charge is 0.244 e. The Morgan fingerprint density at radius 1 is 1.50 bits per heavy atom. The number of nitrogens with zero attached hydrogens (tertiary/aromatic N) is 2. The van der Waals surface area contributed by atoms with Crippen LogP contribution in [0.4, 0.5) is 0 Å². The molecule has 0 saturated carbocycles. The van der Waals surface area contributed by atoms with Crippen LogP contribution in [-0.2, 0) is 10.0 Å². The number of benzene rings is 1. The monoisotopic (exact) mass is 313 g/mol. The minimum absolute atomic E-state index is 0.0131. The Bertz CT molecular complexity index is 654. The molecule has 0 aliphatic carbocycles. The van der Waals surface area contributed by atoms with Gasteiger partial charge in [0, 0.05) is 19.1 Å². The van der Waals surface area contributed by atoms with Crippen molar-refractivity contribution in [1.29, 1.82) is 5.26 Å². The third-order valence-electron chi connectivity index (χ3n) is 3.61. The fourth-order valence-electron chi connectivity index (χ4n) is 2.25. The van der Waals surface area contributed by atoms with Gasteiger partial charge in [-0.3, -0.25) is 0 Å². The van der Waals surface area contributed by atoms with Gasteiger partial charge in [0.2, 0.25) is 10.0 Å². The first kappa shape index (κ1) is 15.3. The van der Waals surface area contributed by atoms with Crippen LogP contribution in [0, 0.1) is 17.2 Å². The summed E-state index contributed by atoms with van der Waals surface area (Å²) in [6.45, 7) is 2.68. The van der Waals surface area contributed by atoms with Gasteiger partial charge in [0.15, 0.2) is 0 Å². The predicted octanol–water partition coefficient (Wildman–Crippen LogP) is 1.57. The van der Waals surface area contributed by atoms with E-state index < -0.39 is 10.0 Å². The Morgan fingerprint density at radius 2 is 2.20 bits per heavy atom. The summed E-state index contributed by atoms with van der Waals surface area (Å²) < 4.78 is 26.6. The molecule has 0 spiro atoms. The molecule has 7 heteroatoms. The lowest BCUT2D eigenvalue weighted by Crippen LogP contribution is -2.48. The maximum absolute atomic E-state index is 12.6. The van der Waals surface area contributed by atoms with Crippen molar-refractivity contribution in [2.45, 2.75) is 24.3 Å². The molecular formula is C13H16ClN3O2S. The third kappa shape index (κ3) is 2.81. The SMILES string of the molecule is CC1CN(S(=O)(=O)c2cc(C#N)ccc2Cl)CCC1N. The van der Waals surface area contributed by atoms with E-state index in [0.29, 0.717) is 19.5 Å². The average Bonchev–Trinajstić information content (AvgIpc) is 2.42. The van der Waals surface area contributed by atoms with Crippen LogP contribution < -0.4 is 5.73 Å². The minimum atomic E-state index is -3.69. The number of nitrogens with two attached hydrogens (primary N) is 1. The normalized spacial score (nSPS) is 24.3. The van der Waals surface area contributed by atoms with Crippen molar-refractivity contribution < 1.29 is 8.42 Å². The molecule has 2 rings (SSSR count). The lowest BCUT2D eigenvalue weighted by molar-refractivity contribution is 0.250. The summed E-state index contributed by atoms with van der Waals surface area (Å²) in [5.41, 5.74) is 6.18. The van der Waals surface area contributed by atoms with E-state index in [0.717, 1.165) is 0 Å². The quantitative estimate of drug-likeness (QED) is 0.897. The highest BCUT2D eigenvalue weighted by atomic mass is 35.5. The molecule has 2 atom stereocenters. The molecule has 0 bridgehead atoms. The second-order valence-corrected chi connectivity index (χ2v) is 7.36. The van der Waals surface area contributed by atoms with Gasteiger partial charge in [0.25, 0.3) is 0 Å². The van der Waals surface area contributed by atoms with Crippen LogP contribution in [-0.4, -0.2) is 31.9 Å². The molecular weight excluding hydrogens is 298 g/mol. The van der Waals surface area contributed by atoms with Crippen LogP contribution in [0.15, 0.2) is 23.1 Å². The number of hydrogen-bond acceptors (Lipinski definition) is 4. The number of sulfonamides is 1. The van der Waals surface area contributed by atoms with E-state index in [1.165, 1.54) is 22.5 Å². The Morgan fingerprint density at radius 3 is 2.80 bits per heavy atom. The fraction of sp³-hybridized carbons (Fsp3) is 0.462. The standard InChI is InChI=1S/C13H16ClN3O2S/c1-9-8-17(5-4-12(9)16)20(18,19)13-6-10(7-15)2-3-11(13)14/h2-3,6,9,12H,4-5,8,16H2,1H3. The lowest BCUT2D eigenvalue weighted by atomic mass is 9.96. The van der Waals surface area contributed by atoms with E-state index in [-0.39, 0.29) is 27.4 Å². The summed E-state index contributed by atoms with van der Waals surface area (Å²) >= 11 is 5.98. The maximum atomic E-state index is 12.6. The van der Waals surface area contributed by atoms with E-state index >= 15 is 0 Å². The summed E-state index contributed by atoms with van der Waals surface area (Å²) in [7, 11) is -3.69. The molecule has 0 amide bonds. The minimum Gasteiger partial charge on any atom is -0.327 e. The summed E-state index contributed by atoms with van der Waals surface area (Å²) in [5.74, 6) is 0.0939. The van der Waals surface area contributed by atoms with Crippen molar-refractivity contribution in [2.24, 2.45) is 11.7 Å². The zero-order chi connectivity index (χ0) is 14.9. The third-order valence-corrected chi connectivity index (χ3v) is 5.96. The Kier molecular flexibility index (Phi) is 4.35. The molecule has 2 N–H and O–H groups in total. The first-order chi connectivity index (χ1) is 9.36. The molecule has 1 aliphatic rings. The number of halogens is 1. The van der Waals surface area contributed by atoms with Crippen LogP contribution >= 0.6 is 11.6 Å². The van der Waals surface area contributed by atoms with E-state index in [9.17, 15) is 8.42 Å². The lowest BCUT2D eigenvalue weighted by Gasteiger charge is -2.34. The summed E-state index contributed by atoms with van der Waals surface area (Å²) in [6.07, 6.45) is 0.621. The highest BCUT2D eigenvalue weighted by molar-refractivity contribution is 7.89. The topological polar surface area (TPSA) is 87.2 Å². The average molecular weight is 314 g/mol. The number of hydrogen-bond donors (Lipinski definition) is 1. The van der Waals surface area contributed by atoms with E-state index in [1.807, 2.05) is 13.0 Å². The summed E-state index contributed by atoms with van der Waals surface area (Å²) in [5, 5.41) is 9.02. The van der Waals surface area contributed by atoms with Crippen LogP contribution in [0.5, 0.6) is 0 Å². The molecule has 1 aromatic carbocycles. The highest BCUT2D eigenvalue weighted by Crippen LogP contribution is 2.28. The highest BCUT2D eigenvalue weighted by Gasteiger charge is 2.33. The van der Waals surface area contributed by atoms with Gasteiger partial charge >= 0.3 is 0 Å². The second-order valence-electron chi connectivity index (χ2n) is 5.05. The van der Waals surface area contributed by atoms with Gasteiger partial charge in [0.1, 0.15) is 4.90 Å². The van der Waals surface area contributed by atoms with Crippen LogP contribution in [0.25, 0.3) is 0 Å². The fourth-order valence-corrected chi connectivity index (χ4v) is 4.31.